The van der Waals surface area contributed by atoms with Crippen LogP contribution in [0.2, 0.25) is 0 Å². The van der Waals surface area contributed by atoms with E-state index in [1.165, 1.54) is 0 Å². The van der Waals surface area contributed by atoms with Crippen molar-refractivity contribution < 1.29 is 32.4 Å². The minimum atomic E-state index is -3.57. The molecule has 3 saturated carbocycles. The number of piperidine rings is 1. The Labute approximate surface area is 312 Å². The predicted octanol–water partition coefficient (Wildman–Crippen LogP) is 4.79. The number of carbonyl (C=O) groups excluding carboxylic acids is 5. The molecule has 296 valence electrons. The van der Waals surface area contributed by atoms with Crippen molar-refractivity contribution in [1.82, 2.24) is 26.2 Å². The fraction of sp³-hybridized carbons (Fsp3) is 0.872. The SMILES string of the molecule is CCCC(NC(=O)[C@@H]1[C@@H]2[C@H](CN1C(=O)[C@@H](NC(=O)NC1(CS(=O)(=O)C(C)(C)C)CCCCC1)C1(C)CCCCC1)C2(C)C)C(=O)C(=O)NC(C)CC. The molecule has 0 radical (unpaired) electrons. The molecule has 12 nitrogen and oxygen atoms in total. The number of nitrogens with zero attached hydrogens (tertiary/aromatic N) is 1. The molecule has 13 heteroatoms. The van der Waals surface area contributed by atoms with E-state index in [4.69, 9.17) is 0 Å². The van der Waals surface area contributed by atoms with Gasteiger partial charge in [-0.05, 0) is 88.9 Å². The van der Waals surface area contributed by atoms with Crippen LogP contribution in [0.25, 0.3) is 0 Å². The summed E-state index contributed by atoms with van der Waals surface area (Å²) in [6, 6.07) is -3.59. The van der Waals surface area contributed by atoms with E-state index in [1.54, 1.807) is 25.7 Å². The van der Waals surface area contributed by atoms with E-state index in [0.29, 0.717) is 45.1 Å². The zero-order chi connectivity index (χ0) is 38.9. The number of carbonyl (C=O) groups is 5. The Bertz CT molecular complexity index is 1460. The molecular formula is C39H67N5O7S. The summed E-state index contributed by atoms with van der Waals surface area (Å²) in [5.41, 5.74) is -1.72. The number of urea groups is 1. The Morgan fingerprint density at radius 1 is 0.846 bits per heavy atom. The highest BCUT2D eigenvalue weighted by molar-refractivity contribution is 7.92. The van der Waals surface area contributed by atoms with Gasteiger partial charge in [0.2, 0.25) is 17.6 Å². The first kappa shape index (κ1) is 42.0. The highest BCUT2D eigenvalue weighted by Crippen LogP contribution is 2.65. The van der Waals surface area contributed by atoms with E-state index in [9.17, 15) is 32.4 Å². The summed E-state index contributed by atoms with van der Waals surface area (Å²) in [6.45, 7) is 17.2. The third-order valence-corrected chi connectivity index (χ3v) is 15.8. The second kappa shape index (κ2) is 16.0. The number of nitrogens with one attached hydrogen (secondary N) is 4. The predicted molar refractivity (Wildman–Crippen MR) is 202 cm³/mol. The fourth-order valence-electron chi connectivity index (χ4n) is 9.05. The van der Waals surface area contributed by atoms with Crippen LogP contribution in [-0.2, 0) is 29.0 Å². The van der Waals surface area contributed by atoms with Crippen LogP contribution in [0.15, 0.2) is 0 Å². The lowest BCUT2D eigenvalue weighted by atomic mass is 9.70. The molecule has 4 N–H and O–H groups in total. The van der Waals surface area contributed by atoms with Gasteiger partial charge in [-0.1, -0.05) is 79.6 Å². The third-order valence-electron chi connectivity index (χ3n) is 13.0. The van der Waals surface area contributed by atoms with Crippen molar-refractivity contribution in [3.63, 3.8) is 0 Å². The number of hydrogen-bond acceptors (Lipinski definition) is 7. The van der Waals surface area contributed by atoms with E-state index in [0.717, 1.165) is 38.5 Å². The molecule has 1 aliphatic heterocycles. The number of hydrogen-bond donors (Lipinski definition) is 4. The fourth-order valence-corrected chi connectivity index (χ4v) is 10.6. The first-order chi connectivity index (χ1) is 24.1. The molecule has 0 aromatic heterocycles. The van der Waals surface area contributed by atoms with Crippen molar-refractivity contribution in [2.75, 3.05) is 12.3 Å². The lowest BCUT2D eigenvalue weighted by Crippen LogP contribution is -2.65. The van der Waals surface area contributed by atoms with Crippen LogP contribution in [-0.4, -0.2) is 89.6 Å². The maximum atomic E-state index is 14.9. The van der Waals surface area contributed by atoms with Crippen molar-refractivity contribution >= 4 is 39.4 Å². The number of ketones is 1. The van der Waals surface area contributed by atoms with Crippen molar-refractivity contribution in [2.24, 2.45) is 22.7 Å². The second-order valence-electron chi connectivity index (χ2n) is 18.3. The van der Waals surface area contributed by atoms with Crippen LogP contribution >= 0.6 is 0 Å². The number of likely N-dealkylation sites (tertiary alicyclic amines) is 1. The van der Waals surface area contributed by atoms with Crippen LogP contribution in [0, 0.1) is 22.7 Å². The molecule has 4 aliphatic rings. The Balaban J connectivity index is 1.61. The minimum absolute atomic E-state index is 0.0722. The molecule has 0 bridgehead atoms. The summed E-state index contributed by atoms with van der Waals surface area (Å²) in [5.74, 6) is -2.46. The standard InChI is InChI=1S/C39H67N5O7S/c1-10-18-27(30(45)33(47)40-25(3)11-2)41-32(46)29-28-26(37(28,7)8)23-44(29)34(48)31(38(9)19-14-12-15-20-38)42-35(49)43-39(21-16-13-17-22-39)24-52(50,51)36(4,5)6/h25-29,31H,10-24H2,1-9H3,(H,40,47)(H,41,46)(H2,42,43,49)/t25?,26-,27?,28-,29-,31+/m0/s1. The van der Waals surface area contributed by atoms with Crippen LogP contribution in [0.5, 0.6) is 0 Å². The Hall–Kier alpha value is -2.70. The molecule has 1 saturated heterocycles. The highest BCUT2D eigenvalue weighted by Gasteiger charge is 2.70. The minimum Gasteiger partial charge on any atom is -0.347 e. The van der Waals surface area contributed by atoms with Gasteiger partial charge in [-0.2, -0.15) is 0 Å². The van der Waals surface area contributed by atoms with Gasteiger partial charge >= 0.3 is 6.03 Å². The molecule has 52 heavy (non-hydrogen) atoms. The van der Waals surface area contributed by atoms with Gasteiger partial charge in [0.05, 0.1) is 22.1 Å². The van der Waals surface area contributed by atoms with Gasteiger partial charge in [-0.25, -0.2) is 13.2 Å². The molecule has 4 rings (SSSR count). The normalized spacial score (nSPS) is 26.6. The molecule has 0 aromatic carbocycles. The Kier molecular flexibility index (Phi) is 12.9. The number of Topliss-reactive ketones (excluding diaryl/α,β-unsaturated/α-hetero) is 1. The van der Waals surface area contributed by atoms with Gasteiger partial charge in [0.1, 0.15) is 12.1 Å². The van der Waals surface area contributed by atoms with E-state index in [-0.39, 0.29) is 41.4 Å². The van der Waals surface area contributed by atoms with Crippen molar-refractivity contribution in [2.45, 2.75) is 180 Å². The average molecular weight is 750 g/mol. The molecule has 2 unspecified atom stereocenters. The third kappa shape index (κ3) is 8.97. The zero-order valence-electron chi connectivity index (χ0n) is 33.3. The van der Waals surface area contributed by atoms with E-state index < -0.39 is 67.3 Å². The number of sulfone groups is 1. The van der Waals surface area contributed by atoms with Crippen molar-refractivity contribution in [3.05, 3.63) is 0 Å². The first-order valence-electron chi connectivity index (χ1n) is 19.9. The largest absolute Gasteiger partial charge is 0.347 e. The maximum Gasteiger partial charge on any atom is 0.315 e. The van der Waals surface area contributed by atoms with Gasteiger partial charge in [0.15, 0.2) is 9.84 Å². The summed E-state index contributed by atoms with van der Waals surface area (Å²) in [4.78, 5) is 70.9. The Morgan fingerprint density at radius 2 is 1.42 bits per heavy atom. The molecular weight excluding hydrogens is 683 g/mol. The van der Waals surface area contributed by atoms with Gasteiger partial charge in [0.25, 0.3) is 5.91 Å². The molecule has 4 fully saturated rings. The monoisotopic (exact) mass is 749 g/mol. The topological polar surface area (TPSA) is 171 Å². The van der Waals surface area contributed by atoms with Gasteiger partial charge < -0.3 is 26.2 Å². The molecule has 1 heterocycles. The smallest absolute Gasteiger partial charge is 0.315 e. The van der Waals surface area contributed by atoms with Crippen LogP contribution in [0.3, 0.4) is 0 Å². The van der Waals surface area contributed by atoms with Gasteiger partial charge in [-0.3, -0.25) is 19.2 Å². The summed E-state index contributed by atoms with van der Waals surface area (Å²) >= 11 is 0. The number of fused-ring (bicyclic) bond motifs is 1. The quantitative estimate of drug-likeness (QED) is 0.185. The van der Waals surface area contributed by atoms with E-state index >= 15 is 0 Å². The van der Waals surface area contributed by atoms with Gasteiger partial charge in [0, 0.05) is 12.6 Å². The summed E-state index contributed by atoms with van der Waals surface area (Å²) in [5, 5.41) is 11.7. The van der Waals surface area contributed by atoms with E-state index in [1.807, 2.05) is 27.7 Å². The maximum absolute atomic E-state index is 14.9. The van der Waals surface area contributed by atoms with Gasteiger partial charge in [-0.15, -0.1) is 0 Å². The zero-order valence-corrected chi connectivity index (χ0v) is 34.1. The highest BCUT2D eigenvalue weighted by atomic mass is 32.2. The molecule has 0 spiro atoms. The van der Waals surface area contributed by atoms with Crippen molar-refractivity contribution in [1.29, 1.82) is 0 Å². The molecule has 5 amide bonds. The number of rotatable bonds is 14. The second-order valence-corrected chi connectivity index (χ2v) is 21.1. The average Bonchev–Trinajstić information content (AvgIpc) is 3.37. The van der Waals surface area contributed by atoms with Crippen LogP contribution < -0.4 is 21.3 Å². The lowest BCUT2D eigenvalue weighted by molar-refractivity contribution is -0.146. The summed E-state index contributed by atoms with van der Waals surface area (Å²) < 4.78 is 25.9. The summed E-state index contributed by atoms with van der Waals surface area (Å²) in [6.07, 6.45) is 9.39. The first-order valence-corrected chi connectivity index (χ1v) is 21.5. The molecule has 3 aliphatic carbocycles. The van der Waals surface area contributed by atoms with Crippen LogP contribution in [0.1, 0.15) is 146 Å². The molecule has 0 aromatic rings. The molecule has 6 atom stereocenters. The van der Waals surface area contributed by atoms with E-state index in [2.05, 4.69) is 35.1 Å². The summed E-state index contributed by atoms with van der Waals surface area (Å²) in [7, 11) is -3.57. The van der Waals surface area contributed by atoms with Crippen LogP contribution in [0.4, 0.5) is 4.79 Å². The Morgan fingerprint density at radius 3 is 1.96 bits per heavy atom. The lowest BCUT2D eigenvalue weighted by Gasteiger charge is -2.44. The van der Waals surface area contributed by atoms with Crippen molar-refractivity contribution in [3.8, 4) is 0 Å². The number of amides is 5.